The number of carboxylic acid groups (broad SMARTS) is 1. The fourth-order valence-corrected chi connectivity index (χ4v) is 5.05. The molecule has 45 heavy (non-hydrogen) atoms. The number of anilines is 1. The summed E-state index contributed by atoms with van der Waals surface area (Å²) in [6.45, 7) is 3.25. The molecule has 2 aromatic carbocycles. The Labute approximate surface area is 260 Å². The highest BCUT2D eigenvalue weighted by molar-refractivity contribution is 6.30. The minimum atomic E-state index is -4.56. The Balaban J connectivity index is 1.53. The van der Waals surface area contributed by atoms with E-state index in [2.05, 4.69) is 15.3 Å². The lowest BCUT2D eigenvalue weighted by molar-refractivity contribution is -0.139. The molecule has 1 fully saturated rings. The number of piperazine rings is 1. The molecule has 4 aromatic rings. The second-order valence-electron chi connectivity index (χ2n) is 10.3. The molecule has 0 saturated carbocycles. The Bertz CT molecular complexity index is 1700. The molecule has 1 atom stereocenters. The molecule has 1 aliphatic heterocycles. The van der Waals surface area contributed by atoms with Crippen molar-refractivity contribution in [2.75, 3.05) is 31.1 Å². The van der Waals surface area contributed by atoms with E-state index in [4.69, 9.17) is 16.0 Å². The van der Waals surface area contributed by atoms with E-state index < -0.39 is 29.7 Å². The van der Waals surface area contributed by atoms with Gasteiger partial charge in [0.15, 0.2) is 11.5 Å². The van der Waals surface area contributed by atoms with Crippen molar-refractivity contribution < 1.29 is 37.1 Å². The quantitative estimate of drug-likeness (QED) is 0.270. The molecule has 10 nitrogen and oxygen atoms in total. The fourth-order valence-electron chi connectivity index (χ4n) is 4.92. The molecule has 0 spiro atoms. The second-order valence-corrected chi connectivity index (χ2v) is 10.8. The van der Waals surface area contributed by atoms with Crippen LogP contribution in [0.5, 0.6) is 0 Å². The standard InChI is InChI=1S/C31H27ClF3N5O5/c1-18(41)39-13-15-40(16-14-39)27-23(3-2-12-36-27)26-25(38-29(45-26)20-6-8-21(9-7-20)31(33,34)35)28(42)37-24(30(43)44)17-19-4-10-22(32)11-5-19/h2-12,24H,13-17H2,1H3,(H,37,42)(H,43,44)/t24-/m0/s1. The van der Waals surface area contributed by atoms with Gasteiger partial charge in [-0.15, -0.1) is 0 Å². The van der Waals surface area contributed by atoms with Gasteiger partial charge in [-0.3, -0.25) is 9.59 Å². The molecular weight excluding hydrogens is 615 g/mol. The molecule has 5 rings (SSSR count). The van der Waals surface area contributed by atoms with Crippen molar-refractivity contribution >= 4 is 35.2 Å². The van der Waals surface area contributed by atoms with Crippen molar-refractivity contribution in [2.24, 2.45) is 0 Å². The van der Waals surface area contributed by atoms with Crippen LogP contribution in [0.2, 0.25) is 5.02 Å². The first-order valence-corrected chi connectivity index (χ1v) is 14.2. The lowest BCUT2D eigenvalue weighted by atomic mass is 10.1. The number of oxazole rings is 1. The van der Waals surface area contributed by atoms with Gasteiger partial charge in [-0.25, -0.2) is 14.8 Å². The maximum atomic E-state index is 13.7. The average Bonchev–Trinajstić information content (AvgIpc) is 3.47. The number of halogens is 4. The zero-order chi connectivity index (χ0) is 32.3. The van der Waals surface area contributed by atoms with Gasteiger partial charge in [0.25, 0.3) is 5.91 Å². The number of carbonyl (C=O) groups excluding carboxylic acids is 2. The molecule has 2 N–H and O–H groups in total. The van der Waals surface area contributed by atoms with Gasteiger partial charge in [0, 0.05) is 56.3 Å². The Kier molecular flexibility index (Phi) is 9.09. The predicted octanol–water partition coefficient (Wildman–Crippen LogP) is 5.17. The number of carbonyl (C=O) groups is 3. The Morgan fingerprint density at radius 3 is 2.29 bits per heavy atom. The van der Waals surface area contributed by atoms with Crippen LogP contribution in [-0.2, 0) is 22.2 Å². The first-order chi connectivity index (χ1) is 21.4. The summed E-state index contributed by atoms with van der Waals surface area (Å²) in [5.74, 6) is -1.99. The highest BCUT2D eigenvalue weighted by atomic mass is 35.5. The summed E-state index contributed by atoms with van der Waals surface area (Å²) in [7, 11) is 0. The lowest BCUT2D eigenvalue weighted by Gasteiger charge is -2.35. The number of nitrogens with zero attached hydrogens (tertiary/aromatic N) is 4. The zero-order valence-electron chi connectivity index (χ0n) is 23.8. The van der Waals surface area contributed by atoms with Gasteiger partial charge in [-0.1, -0.05) is 23.7 Å². The van der Waals surface area contributed by atoms with Gasteiger partial charge in [-0.05, 0) is 54.1 Å². The predicted molar refractivity (Wildman–Crippen MR) is 159 cm³/mol. The van der Waals surface area contributed by atoms with Crippen LogP contribution in [0.25, 0.3) is 22.8 Å². The second kappa shape index (κ2) is 13.0. The third-order valence-corrected chi connectivity index (χ3v) is 7.57. The summed E-state index contributed by atoms with van der Waals surface area (Å²) >= 11 is 5.94. The van der Waals surface area contributed by atoms with E-state index in [1.165, 1.54) is 19.1 Å². The monoisotopic (exact) mass is 641 g/mol. The molecule has 2 amide bonds. The van der Waals surface area contributed by atoms with E-state index in [1.54, 1.807) is 47.5 Å². The largest absolute Gasteiger partial charge is 0.480 e. The number of rotatable bonds is 8. The van der Waals surface area contributed by atoms with Crippen molar-refractivity contribution in [3.8, 4) is 22.8 Å². The number of amides is 2. The summed E-state index contributed by atoms with van der Waals surface area (Å²) in [5, 5.41) is 12.9. The highest BCUT2D eigenvalue weighted by Crippen LogP contribution is 2.36. The van der Waals surface area contributed by atoms with Crippen molar-refractivity contribution in [3.05, 3.63) is 88.7 Å². The molecule has 0 unspecified atom stereocenters. The number of alkyl halides is 3. The molecular formula is C31H27ClF3N5O5. The Morgan fingerprint density at radius 2 is 1.69 bits per heavy atom. The van der Waals surface area contributed by atoms with Gasteiger partial charge in [-0.2, -0.15) is 13.2 Å². The van der Waals surface area contributed by atoms with Crippen LogP contribution >= 0.6 is 11.6 Å². The number of nitrogens with one attached hydrogen (secondary N) is 1. The summed E-state index contributed by atoms with van der Waals surface area (Å²) in [6, 6.07) is 12.5. The molecule has 0 radical (unpaired) electrons. The van der Waals surface area contributed by atoms with Gasteiger partial charge in [0.1, 0.15) is 11.9 Å². The van der Waals surface area contributed by atoms with Gasteiger partial charge in [0.05, 0.1) is 11.1 Å². The van der Waals surface area contributed by atoms with Crippen LogP contribution in [0, 0.1) is 0 Å². The smallest absolute Gasteiger partial charge is 0.416 e. The van der Waals surface area contributed by atoms with Crippen molar-refractivity contribution in [2.45, 2.75) is 25.6 Å². The van der Waals surface area contributed by atoms with Crippen LogP contribution in [0.1, 0.15) is 28.5 Å². The summed E-state index contributed by atoms with van der Waals surface area (Å²) < 4.78 is 45.6. The number of aromatic nitrogens is 2. The number of aliphatic carboxylic acids is 1. The average molecular weight is 642 g/mol. The molecule has 0 bridgehead atoms. The number of hydrogen-bond acceptors (Lipinski definition) is 7. The first kappa shape index (κ1) is 31.5. The maximum absolute atomic E-state index is 13.7. The molecule has 1 aliphatic rings. The minimum Gasteiger partial charge on any atom is -0.480 e. The van der Waals surface area contributed by atoms with Crippen LogP contribution in [0.4, 0.5) is 19.0 Å². The summed E-state index contributed by atoms with van der Waals surface area (Å²) in [6.07, 6.45) is -3.07. The zero-order valence-corrected chi connectivity index (χ0v) is 24.6. The molecule has 1 saturated heterocycles. The van der Waals surface area contributed by atoms with Gasteiger partial charge < -0.3 is 24.6 Å². The van der Waals surface area contributed by atoms with Crippen molar-refractivity contribution in [1.29, 1.82) is 0 Å². The molecule has 14 heteroatoms. The maximum Gasteiger partial charge on any atom is 0.416 e. The lowest BCUT2D eigenvalue weighted by Crippen LogP contribution is -2.48. The van der Waals surface area contributed by atoms with Crippen molar-refractivity contribution in [1.82, 2.24) is 20.2 Å². The van der Waals surface area contributed by atoms with Crippen molar-refractivity contribution in [3.63, 3.8) is 0 Å². The van der Waals surface area contributed by atoms with Crippen LogP contribution in [-0.4, -0.2) is 70.0 Å². The third-order valence-electron chi connectivity index (χ3n) is 7.31. The van der Waals surface area contributed by atoms with E-state index in [-0.39, 0.29) is 35.2 Å². The van der Waals surface area contributed by atoms with Gasteiger partial charge in [0.2, 0.25) is 11.8 Å². The van der Waals surface area contributed by atoms with E-state index in [9.17, 15) is 32.7 Å². The molecule has 234 valence electrons. The third kappa shape index (κ3) is 7.26. The summed E-state index contributed by atoms with van der Waals surface area (Å²) in [5.41, 5.74) is -0.0169. The normalized spacial score (nSPS) is 14.2. The Hall–Kier alpha value is -4.91. The number of pyridine rings is 1. The van der Waals surface area contributed by atoms with Crippen LogP contribution in [0.15, 0.2) is 71.3 Å². The van der Waals surface area contributed by atoms with E-state index in [0.29, 0.717) is 48.1 Å². The molecule has 3 heterocycles. The van der Waals surface area contributed by atoms with E-state index in [0.717, 1.165) is 12.1 Å². The molecule has 2 aromatic heterocycles. The number of carboxylic acids is 1. The highest BCUT2D eigenvalue weighted by Gasteiger charge is 2.32. The topological polar surface area (TPSA) is 129 Å². The van der Waals surface area contributed by atoms with Gasteiger partial charge >= 0.3 is 12.1 Å². The number of benzene rings is 2. The fraction of sp³-hybridized carbons (Fsp3) is 0.258. The van der Waals surface area contributed by atoms with E-state index >= 15 is 0 Å². The minimum absolute atomic E-state index is 0.0462. The number of hydrogen-bond donors (Lipinski definition) is 2. The first-order valence-electron chi connectivity index (χ1n) is 13.8. The van der Waals surface area contributed by atoms with E-state index in [1.807, 2.05) is 4.90 Å². The Morgan fingerprint density at radius 1 is 1.02 bits per heavy atom. The van der Waals surface area contributed by atoms with Crippen LogP contribution < -0.4 is 10.2 Å². The van der Waals surface area contributed by atoms with Crippen LogP contribution in [0.3, 0.4) is 0 Å². The SMILES string of the molecule is CC(=O)N1CCN(c2ncccc2-c2oc(-c3ccc(C(F)(F)F)cc3)nc2C(=O)N[C@@H](Cc2ccc(Cl)cc2)C(=O)O)CC1. The summed E-state index contributed by atoms with van der Waals surface area (Å²) in [4.78, 5) is 50.1. The molecule has 0 aliphatic carbocycles.